The van der Waals surface area contributed by atoms with Crippen LogP contribution in [0.3, 0.4) is 0 Å². The van der Waals surface area contributed by atoms with E-state index < -0.39 is 10.1 Å². The molecule has 5 nitrogen and oxygen atoms in total. The quantitative estimate of drug-likeness (QED) is 0.353. The topological polar surface area (TPSA) is 76.0 Å². The fraction of sp³-hybridized carbons (Fsp3) is 1.00. The van der Waals surface area contributed by atoms with E-state index in [-0.39, 0.29) is 0 Å². The van der Waals surface area contributed by atoms with Crippen LogP contribution < -0.4 is 0 Å². The van der Waals surface area contributed by atoms with E-state index in [4.69, 9.17) is 37.0 Å². The average molecular weight is 285 g/mol. The predicted molar refractivity (Wildman–Crippen MR) is 48.0 cm³/mol. The molecule has 0 aliphatic heterocycles. The second kappa shape index (κ2) is 10.5. The normalized spacial score (nSPS) is 10.5. The minimum atomic E-state index is -0.931. The number of hydrogen-bond donors (Lipinski definition) is 2. The first-order valence-electron chi connectivity index (χ1n) is 3.36. The van der Waals surface area contributed by atoms with Gasteiger partial charge in [0.1, 0.15) is 0 Å². The molecular formula is C6H14Cl2O5Ti. The number of rotatable bonds is 2. The van der Waals surface area contributed by atoms with Gasteiger partial charge in [0.15, 0.2) is 10.1 Å². The van der Waals surface area contributed by atoms with E-state index in [1.54, 1.807) is 0 Å². The van der Waals surface area contributed by atoms with E-state index in [9.17, 15) is 0 Å². The summed E-state index contributed by atoms with van der Waals surface area (Å²) in [6.45, 7) is 6.15. The van der Waals surface area contributed by atoms with E-state index in [0.717, 1.165) is 20.4 Å². The molecule has 86 valence electrons. The Labute approximate surface area is 105 Å². The van der Waals surface area contributed by atoms with E-state index in [0.29, 0.717) is 0 Å². The Kier molecular flexibility index (Phi) is 15.2. The van der Waals surface area contributed by atoms with Gasteiger partial charge in [0.2, 0.25) is 0 Å². The van der Waals surface area contributed by atoms with Gasteiger partial charge in [-0.25, -0.2) is 9.78 Å². The molecule has 0 amide bonds. The van der Waals surface area contributed by atoms with Gasteiger partial charge in [0.25, 0.3) is 0 Å². The molecular weight excluding hydrogens is 271 g/mol. The maximum absolute atomic E-state index is 8.25. The first-order chi connectivity index (χ1) is 6.12. The first-order valence-corrected chi connectivity index (χ1v) is 4.75. The summed E-state index contributed by atoms with van der Waals surface area (Å²) in [4.78, 5) is 7.41. The monoisotopic (exact) mass is 284 g/mol. The van der Waals surface area contributed by atoms with Gasteiger partial charge in [-0.3, -0.25) is 10.5 Å². The standard InChI is InChI=1S/2C3H7ClO2.O.Ti/c2*1-3(2,4)6-5;;/h2*5H,1-2H3;;. The molecule has 0 aliphatic carbocycles. The molecule has 0 aromatic heterocycles. The second-order valence-electron chi connectivity index (χ2n) is 2.91. The summed E-state index contributed by atoms with van der Waals surface area (Å²) in [5, 5.41) is 13.7. The number of hydrogen-bond acceptors (Lipinski definition) is 5. The summed E-state index contributed by atoms with van der Waals surface area (Å²) in [5.41, 5.74) is 0. The van der Waals surface area contributed by atoms with Crippen molar-refractivity contribution in [3.8, 4) is 0 Å². The van der Waals surface area contributed by atoms with Crippen molar-refractivity contribution >= 4 is 23.2 Å². The van der Waals surface area contributed by atoms with Gasteiger partial charge in [-0.2, -0.15) is 0 Å². The van der Waals surface area contributed by atoms with Crippen molar-refractivity contribution in [2.24, 2.45) is 0 Å². The fourth-order valence-electron chi connectivity index (χ4n) is 0. The van der Waals surface area contributed by atoms with Crippen molar-refractivity contribution < 1.29 is 44.0 Å². The van der Waals surface area contributed by atoms with Crippen LogP contribution in [0.1, 0.15) is 27.7 Å². The molecule has 0 heterocycles. The number of halogens is 2. The van der Waals surface area contributed by atoms with Gasteiger partial charge in [-0.1, -0.05) is 23.2 Å². The molecule has 0 aromatic rings. The molecule has 0 aromatic carbocycles. The molecule has 8 heteroatoms. The average Bonchev–Trinajstić information content (AvgIpc) is 2.07. The third-order valence-corrected chi connectivity index (χ3v) is 0.572. The van der Waals surface area contributed by atoms with Crippen molar-refractivity contribution in [3.63, 3.8) is 0 Å². The summed E-state index contributed by atoms with van der Waals surface area (Å²) in [5.74, 6) is 0. The van der Waals surface area contributed by atoms with E-state index in [1.165, 1.54) is 27.7 Å². The molecule has 0 spiro atoms. The molecule has 0 atom stereocenters. The van der Waals surface area contributed by atoms with Crippen LogP contribution in [0.2, 0.25) is 0 Å². The van der Waals surface area contributed by atoms with Crippen molar-refractivity contribution in [2.75, 3.05) is 0 Å². The Balaban J connectivity index is -0.000000147. The summed E-state index contributed by atoms with van der Waals surface area (Å²) in [6.07, 6.45) is 0. The molecule has 14 heavy (non-hydrogen) atoms. The Morgan fingerprint density at radius 2 is 1.00 bits per heavy atom. The van der Waals surface area contributed by atoms with Gasteiger partial charge in [-0.15, -0.1) is 0 Å². The molecule has 0 aliphatic rings. The third-order valence-electron chi connectivity index (χ3n) is 0.434. The SMILES string of the molecule is CC(C)(Cl)OO.CC(C)(Cl)OO.[O]=[Ti]. The first kappa shape index (κ1) is 20.4. The van der Waals surface area contributed by atoms with Gasteiger partial charge in [-0.05, 0) is 27.7 Å². The molecule has 2 N–H and O–H groups in total. The van der Waals surface area contributed by atoms with Crippen LogP contribution in [0.15, 0.2) is 0 Å². The zero-order valence-electron chi connectivity index (χ0n) is 8.38. The molecule has 0 radical (unpaired) electrons. The van der Waals surface area contributed by atoms with Crippen LogP contribution >= 0.6 is 23.2 Å². The van der Waals surface area contributed by atoms with Crippen molar-refractivity contribution in [2.45, 2.75) is 37.8 Å². The third kappa shape index (κ3) is 38.3. The van der Waals surface area contributed by atoms with Crippen LogP contribution in [0, 0.1) is 0 Å². The van der Waals surface area contributed by atoms with Crippen molar-refractivity contribution in [1.29, 1.82) is 0 Å². The Hall–Kier alpha value is 0.934. The number of alkyl halides is 2. The molecule has 0 rings (SSSR count). The summed E-state index contributed by atoms with van der Waals surface area (Å²) in [6, 6.07) is 0. The van der Waals surface area contributed by atoms with Crippen LogP contribution in [0.5, 0.6) is 0 Å². The summed E-state index contributed by atoms with van der Waals surface area (Å²) in [7, 11) is 0. The molecule has 0 saturated heterocycles. The molecule has 0 bridgehead atoms. The van der Waals surface area contributed by atoms with Crippen LogP contribution in [-0.4, -0.2) is 20.6 Å². The van der Waals surface area contributed by atoms with E-state index in [2.05, 4.69) is 9.78 Å². The zero-order valence-corrected chi connectivity index (χ0v) is 11.4. The summed E-state index contributed by atoms with van der Waals surface area (Å²) >= 11 is 11.2. The van der Waals surface area contributed by atoms with Crippen LogP contribution in [0.4, 0.5) is 0 Å². The van der Waals surface area contributed by atoms with Gasteiger partial charge in [0.05, 0.1) is 0 Å². The molecule has 0 fully saturated rings. The molecule has 0 unspecified atom stereocenters. The fourth-order valence-corrected chi connectivity index (χ4v) is 0. The Morgan fingerprint density at radius 3 is 1.00 bits per heavy atom. The zero-order chi connectivity index (χ0) is 12.4. The van der Waals surface area contributed by atoms with Gasteiger partial charge in [0, 0.05) is 0 Å². The van der Waals surface area contributed by atoms with Gasteiger partial charge < -0.3 is 0 Å². The maximum atomic E-state index is 8.25. The Morgan fingerprint density at radius 1 is 0.929 bits per heavy atom. The van der Waals surface area contributed by atoms with Crippen LogP contribution in [0.25, 0.3) is 0 Å². The van der Waals surface area contributed by atoms with E-state index >= 15 is 0 Å². The van der Waals surface area contributed by atoms with E-state index in [1.807, 2.05) is 0 Å². The second-order valence-corrected chi connectivity index (χ2v) is 4.73. The minimum absolute atomic E-state index is 0.750. The Bertz CT molecular complexity index is 108. The van der Waals surface area contributed by atoms with Crippen LogP contribution in [-0.2, 0) is 33.5 Å². The van der Waals surface area contributed by atoms with Crippen molar-refractivity contribution in [3.05, 3.63) is 0 Å². The van der Waals surface area contributed by atoms with Crippen molar-refractivity contribution in [1.82, 2.24) is 0 Å². The van der Waals surface area contributed by atoms with Gasteiger partial charge >= 0.3 is 23.7 Å². The predicted octanol–water partition coefficient (Wildman–Crippen LogP) is 2.78. The molecule has 0 saturated carbocycles. The summed E-state index contributed by atoms with van der Waals surface area (Å²) < 4.78 is 8.25.